The number of hydrogen-bond donors (Lipinski definition) is 3. The Bertz CT molecular complexity index is 1020. The summed E-state index contributed by atoms with van der Waals surface area (Å²) in [5, 5.41) is 23.3. The fraction of sp³-hybridized carbons (Fsp3) is 0.188. The summed E-state index contributed by atoms with van der Waals surface area (Å²) < 4.78 is 66.4. The van der Waals surface area contributed by atoms with E-state index in [1.807, 2.05) is 6.07 Å². The number of nitrogens with one attached hydrogen (secondary N) is 2. The lowest BCUT2D eigenvalue weighted by Gasteiger charge is -2.18. The van der Waals surface area contributed by atoms with E-state index in [1.54, 1.807) is 0 Å². The van der Waals surface area contributed by atoms with E-state index in [-0.39, 0.29) is 17.0 Å². The molecular weight excluding hydrogens is 423 g/mol. The standard InChI is InChI=1S/C16H13ClF3N3O4S/c1-27-13-6-10(3-2-9(13)8-21)22-15(24)23-11-4-5-12(17)14(7-11)28(25,26)16(18,19)20/h2-7,15,22-24H,1H3. The van der Waals surface area contributed by atoms with Gasteiger partial charge in [0.25, 0.3) is 9.84 Å². The molecule has 0 aliphatic rings. The van der Waals surface area contributed by atoms with Gasteiger partial charge in [0.15, 0.2) is 0 Å². The van der Waals surface area contributed by atoms with E-state index in [0.29, 0.717) is 11.8 Å². The minimum atomic E-state index is -5.66. The van der Waals surface area contributed by atoms with Gasteiger partial charge in [-0.2, -0.15) is 18.4 Å². The first kappa shape index (κ1) is 21.6. The normalized spacial score (nSPS) is 12.8. The lowest BCUT2D eigenvalue weighted by Crippen LogP contribution is -2.28. The monoisotopic (exact) mass is 435 g/mol. The lowest BCUT2D eigenvalue weighted by molar-refractivity contribution is -0.0435. The van der Waals surface area contributed by atoms with Crippen LogP contribution in [0.25, 0.3) is 0 Å². The second-order valence-electron chi connectivity index (χ2n) is 5.31. The number of nitrogens with zero attached hydrogens (tertiary/aromatic N) is 1. The molecule has 0 heterocycles. The number of benzene rings is 2. The van der Waals surface area contributed by atoms with Gasteiger partial charge in [0.2, 0.25) is 6.35 Å². The number of anilines is 2. The van der Waals surface area contributed by atoms with Crippen LogP contribution in [0, 0.1) is 11.3 Å². The van der Waals surface area contributed by atoms with E-state index in [1.165, 1.54) is 31.4 Å². The third kappa shape index (κ3) is 4.59. The second-order valence-corrected chi connectivity index (χ2v) is 7.63. The Kier molecular flexibility index (Phi) is 6.28. The SMILES string of the molecule is COc1cc(NC(O)Nc2ccc(Cl)c(S(=O)(=O)C(F)(F)F)c2)ccc1C#N. The molecule has 1 atom stereocenters. The zero-order chi connectivity index (χ0) is 21.1. The highest BCUT2D eigenvalue weighted by atomic mass is 35.5. The van der Waals surface area contributed by atoms with Crippen molar-refractivity contribution in [1.82, 2.24) is 0 Å². The zero-order valence-electron chi connectivity index (χ0n) is 14.1. The van der Waals surface area contributed by atoms with Gasteiger partial charge in [-0.1, -0.05) is 11.6 Å². The summed E-state index contributed by atoms with van der Waals surface area (Å²) in [4.78, 5) is -1.14. The van der Waals surface area contributed by atoms with Crippen LogP contribution in [0.2, 0.25) is 5.02 Å². The number of alkyl halides is 3. The van der Waals surface area contributed by atoms with Crippen LogP contribution in [-0.4, -0.2) is 32.5 Å². The van der Waals surface area contributed by atoms with Gasteiger partial charge >= 0.3 is 5.51 Å². The Hall–Kier alpha value is -2.68. The Balaban J connectivity index is 2.23. The second kappa shape index (κ2) is 8.14. The first-order valence-electron chi connectivity index (χ1n) is 7.40. The molecule has 3 N–H and O–H groups in total. The molecule has 0 radical (unpaired) electrons. The van der Waals surface area contributed by atoms with Gasteiger partial charge in [0.05, 0.1) is 22.6 Å². The number of sulfone groups is 1. The Morgan fingerprint density at radius 1 is 1.18 bits per heavy atom. The van der Waals surface area contributed by atoms with Gasteiger partial charge < -0.3 is 20.5 Å². The maximum atomic E-state index is 12.8. The average molecular weight is 436 g/mol. The van der Waals surface area contributed by atoms with Gasteiger partial charge in [0, 0.05) is 17.4 Å². The summed E-state index contributed by atoms with van der Waals surface area (Å²) in [5.74, 6) is 0.241. The molecule has 7 nitrogen and oxygen atoms in total. The van der Waals surface area contributed by atoms with E-state index in [4.69, 9.17) is 21.6 Å². The number of aliphatic hydroxyl groups is 1. The molecule has 0 saturated carbocycles. The minimum Gasteiger partial charge on any atom is -0.495 e. The van der Waals surface area contributed by atoms with Crippen molar-refractivity contribution in [2.45, 2.75) is 16.8 Å². The molecule has 1 unspecified atom stereocenters. The fourth-order valence-electron chi connectivity index (χ4n) is 2.15. The first-order valence-corrected chi connectivity index (χ1v) is 9.26. The number of aliphatic hydroxyl groups excluding tert-OH is 1. The van der Waals surface area contributed by atoms with Crippen LogP contribution < -0.4 is 15.4 Å². The molecule has 150 valence electrons. The van der Waals surface area contributed by atoms with Gasteiger partial charge in [-0.3, -0.25) is 0 Å². The van der Waals surface area contributed by atoms with Crippen molar-refractivity contribution in [3.63, 3.8) is 0 Å². The third-order valence-electron chi connectivity index (χ3n) is 3.45. The van der Waals surface area contributed by atoms with Gasteiger partial charge in [-0.15, -0.1) is 0 Å². The van der Waals surface area contributed by atoms with Crippen molar-refractivity contribution >= 4 is 32.8 Å². The molecule has 28 heavy (non-hydrogen) atoms. The van der Waals surface area contributed by atoms with Crippen molar-refractivity contribution in [2.24, 2.45) is 0 Å². The molecule has 2 aromatic carbocycles. The molecule has 0 fully saturated rings. The van der Waals surface area contributed by atoms with Crippen LogP contribution in [0.3, 0.4) is 0 Å². The molecule has 2 aromatic rings. The van der Waals surface area contributed by atoms with E-state index in [9.17, 15) is 26.7 Å². The Morgan fingerprint density at radius 3 is 2.29 bits per heavy atom. The first-order chi connectivity index (χ1) is 13.0. The zero-order valence-corrected chi connectivity index (χ0v) is 15.7. The van der Waals surface area contributed by atoms with Crippen LogP contribution in [0.4, 0.5) is 24.5 Å². The number of nitriles is 1. The smallest absolute Gasteiger partial charge is 0.495 e. The van der Waals surface area contributed by atoms with Crippen LogP contribution in [0.1, 0.15) is 5.56 Å². The molecule has 0 saturated heterocycles. The number of rotatable bonds is 6. The fourth-order valence-corrected chi connectivity index (χ4v) is 3.43. The molecular formula is C16H13ClF3N3O4S. The maximum absolute atomic E-state index is 12.8. The van der Waals surface area contributed by atoms with Gasteiger partial charge in [-0.05, 0) is 30.3 Å². The van der Waals surface area contributed by atoms with Crippen molar-refractivity contribution in [2.75, 3.05) is 17.7 Å². The molecule has 0 bridgehead atoms. The van der Waals surface area contributed by atoms with Crippen LogP contribution in [0.15, 0.2) is 41.3 Å². The minimum absolute atomic E-state index is 0.132. The quantitative estimate of drug-likeness (QED) is 0.597. The molecule has 0 aliphatic heterocycles. The van der Waals surface area contributed by atoms with Crippen molar-refractivity contribution in [1.29, 1.82) is 5.26 Å². The molecule has 0 aromatic heterocycles. The van der Waals surface area contributed by atoms with Gasteiger partial charge in [0.1, 0.15) is 11.8 Å². The van der Waals surface area contributed by atoms with E-state index in [0.717, 1.165) is 6.07 Å². The summed E-state index contributed by atoms with van der Waals surface area (Å²) in [7, 11) is -4.31. The van der Waals surface area contributed by atoms with Crippen molar-refractivity contribution in [3.05, 3.63) is 47.0 Å². The number of hydrogen-bond acceptors (Lipinski definition) is 7. The summed E-state index contributed by atoms with van der Waals surface area (Å²) in [5.41, 5.74) is -5.07. The van der Waals surface area contributed by atoms with E-state index >= 15 is 0 Å². The van der Waals surface area contributed by atoms with E-state index in [2.05, 4.69) is 10.6 Å². The number of ether oxygens (including phenoxy) is 1. The third-order valence-corrected chi connectivity index (χ3v) is 5.42. The van der Waals surface area contributed by atoms with Crippen LogP contribution >= 0.6 is 11.6 Å². The average Bonchev–Trinajstić information content (AvgIpc) is 2.62. The summed E-state index contributed by atoms with van der Waals surface area (Å²) in [6, 6.07) is 9.05. The summed E-state index contributed by atoms with van der Waals surface area (Å²) >= 11 is 5.59. The Labute approximate surface area is 163 Å². The highest BCUT2D eigenvalue weighted by Crippen LogP contribution is 2.35. The summed E-state index contributed by atoms with van der Waals surface area (Å²) in [6.07, 6.45) is -1.51. The Morgan fingerprint density at radius 2 is 1.75 bits per heavy atom. The summed E-state index contributed by atoms with van der Waals surface area (Å²) in [6.45, 7) is 0. The topological polar surface area (TPSA) is 111 Å². The van der Waals surface area contributed by atoms with Crippen LogP contribution in [0.5, 0.6) is 5.75 Å². The van der Waals surface area contributed by atoms with Crippen LogP contribution in [-0.2, 0) is 9.84 Å². The van der Waals surface area contributed by atoms with Crippen molar-refractivity contribution < 1.29 is 31.4 Å². The van der Waals surface area contributed by atoms with Crippen molar-refractivity contribution in [3.8, 4) is 11.8 Å². The highest BCUT2D eigenvalue weighted by Gasteiger charge is 2.48. The van der Waals surface area contributed by atoms with Gasteiger partial charge in [-0.25, -0.2) is 8.42 Å². The molecule has 0 aliphatic carbocycles. The molecule has 2 rings (SSSR count). The van der Waals surface area contributed by atoms with E-state index < -0.39 is 31.6 Å². The molecule has 12 heteroatoms. The highest BCUT2D eigenvalue weighted by molar-refractivity contribution is 7.92. The maximum Gasteiger partial charge on any atom is 0.501 e. The number of methoxy groups -OCH3 is 1. The lowest BCUT2D eigenvalue weighted by atomic mass is 10.2. The predicted molar refractivity (Wildman–Crippen MR) is 95.7 cm³/mol. The largest absolute Gasteiger partial charge is 0.501 e. The molecule has 0 amide bonds. The number of halogens is 4. The molecule has 0 spiro atoms. The predicted octanol–water partition coefficient (Wildman–Crippen LogP) is 3.31.